The highest BCUT2D eigenvalue weighted by Crippen LogP contribution is 2.30. The van der Waals surface area contributed by atoms with Gasteiger partial charge in [0.1, 0.15) is 5.82 Å². The lowest BCUT2D eigenvalue weighted by Gasteiger charge is -2.32. The Morgan fingerprint density at radius 3 is 2.25 bits per heavy atom. The van der Waals surface area contributed by atoms with Gasteiger partial charge in [-0.2, -0.15) is 13.2 Å². The van der Waals surface area contributed by atoms with E-state index in [0.717, 1.165) is 12.3 Å². The molecule has 1 aromatic rings. The molecule has 3 N–H and O–H groups in total. The Morgan fingerprint density at radius 2 is 1.75 bits per heavy atom. The van der Waals surface area contributed by atoms with Crippen LogP contribution in [0.4, 0.5) is 19.0 Å². The van der Waals surface area contributed by atoms with Gasteiger partial charge >= 0.3 is 18.0 Å². The van der Waals surface area contributed by atoms with E-state index < -0.39 is 29.5 Å². The van der Waals surface area contributed by atoms with Crippen LogP contribution in [-0.2, 0) is 20.6 Å². The fourth-order valence-electron chi connectivity index (χ4n) is 2.72. The Morgan fingerprint density at radius 1 is 1.11 bits per heavy atom. The number of hydrazine groups is 1. The van der Waals surface area contributed by atoms with Crippen molar-refractivity contribution in [2.45, 2.75) is 38.9 Å². The molecule has 2 heterocycles. The standard InChI is InChI=1S/C17H22F3N5O3/c1-10(2)22-15(27)16(28)24-23-14(26)11-5-7-25(8-6-11)13-4-3-12(9-21-13)17(18,19)20/h3-4,9-11H,5-8H2,1-2H3,(H,22,27)(H,23,26)(H,24,28). The molecule has 0 aromatic carbocycles. The van der Waals surface area contributed by atoms with Gasteiger partial charge < -0.3 is 10.2 Å². The lowest BCUT2D eigenvalue weighted by atomic mass is 9.96. The van der Waals surface area contributed by atoms with Crippen molar-refractivity contribution in [1.82, 2.24) is 21.2 Å². The Hall–Kier alpha value is -2.85. The van der Waals surface area contributed by atoms with E-state index in [1.807, 2.05) is 0 Å². The number of aromatic nitrogens is 1. The minimum Gasteiger partial charge on any atom is -0.357 e. The number of piperidine rings is 1. The normalized spacial score (nSPS) is 15.3. The van der Waals surface area contributed by atoms with Crippen LogP contribution in [0.2, 0.25) is 0 Å². The van der Waals surface area contributed by atoms with E-state index in [-0.39, 0.29) is 12.0 Å². The van der Waals surface area contributed by atoms with Crippen LogP contribution in [0, 0.1) is 5.92 Å². The zero-order chi connectivity index (χ0) is 20.9. The van der Waals surface area contributed by atoms with Crippen molar-refractivity contribution in [1.29, 1.82) is 0 Å². The van der Waals surface area contributed by atoms with Crippen molar-refractivity contribution in [3.8, 4) is 0 Å². The van der Waals surface area contributed by atoms with Gasteiger partial charge in [-0.1, -0.05) is 0 Å². The topological polar surface area (TPSA) is 103 Å². The Balaban J connectivity index is 1.80. The van der Waals surface area contributed by atoms with Crippen LogP contribution in [-0.4, -0.2) is 41.8 Å². The van der Waals surface area contributed by atoms with Crippen molar-refractivity contribution in [3.05, 3.63) is 23.9 Å². The molecule has 8 nitrogen and oxygen atoms in total. The average molecular weight is 401 g/mol. The highest BCUT2D eigenvalue weighted by atomic mass is 19.4. The summed E-state index contributed by atoms with van der Waals surface area (Å²) in [4.78, 5) is 40.8. The number of carbonyl (C=O) groups is 3. The molecule has 0 atom stereocenters. The molecule has 0 unspecified atom stereocenters. The molecule has 0 bridgehead atoms. The smallest absolute Gasteiger partial charge is 0.357 e. The minimum absolute atomic E-state index is 0.211. The van der Waals surface area contributed by atoms with E-state index in [9.17, 15) is 27.6 Å². The fourth-order valence-corrected chi connectivity index (χ4v) is 2.72. The molecule has 2 rings (SSSR count). The van der Waals surface area contributed by atoms with E-state index in [4.69, 9.17) is 0 Å². The minimum atomic E-state index is -4.44. The van der Waals surface area contributed by atoms with Crippen molar-refractivity contribution < 1.29 is 27.6 Å². The van der Waals surface area contributed by atoms with Crippen LogP contribution in [0.1, 0.15) is 32.3 Å². The second kappa shape index (κ2) is 8.89. The van der Waals surface area contributed by atoms with Crippen LogP contribution in [0.15, 0.2) is 18.3 Å². The van der Waals surface area contributed by atoms with Crippen molar-refractivity contribution in [2.75, 3.05) is 18.0 Å². The molecule has 1 saturated heterocycles. The van der Waals surface area contributed by atoms with E-state index in [1.165, 1.54) is 6.07 Å². The van der Waals surface area contributed by atoms with Crippen molar-refractivity contribution in [2.24, 2.45) is 5.92 Å². The van der Waals surface area contributed by atoms with Crippen molar-refractivity contribution in [3.63, 3.8) is 0 Å². The van der Waals surface area contributed by atoms with E-state index in [1.54, 1.807) is 18.7 Å². The zero-order valence-electron chi connectivity index (χ0n) is 15.5. The van der Waals surface area contributed by atoms with Crippen LogP contribution >= 0.6 is 0 Å². The van der Waals surface area contributed by atoms with Gasteiger partial charge in [0, 0.05) is 31.2 Å². The van der Waals surface area contributed by atoms with Gasteiger partial charge in [-0.05, 0) is 38.8 Å². The first-order valence-corrected chi connectivity index (χ1v) is 8.77. The predicted molar refractivity (Wildman–Crippen MR) is 93.7 cm³/mol. The number of anilines is 1. The number of halogens is 3. The number of carbonyl (C=O) groups excluding carboxylic acids is 3. The summed E-state index contributed by atoms with van der Waals surface area (Å²) in [6, 6.07) is 2.06. The van der Waals surface area contributed by atoms with Crippen LogP contribution in [0.25, 0.3) is 0 Å². The molecule has 28 heavy (non-hydrogen) atoms. The maximum absolute atomic E-state index is 12.6. The lowest BCUT2D eigenvalue weighted by Crippen LogP contribution is -2.52. The van der Waals surface area contributed by atoms with Gasteiger partial charge in [0.15, 0.2) is 0 Å². The largest absolute Gasteiger partial charge is 0.417 e. The number of pyridine rings is 1. The zero-order valence-corrected chi connectivity index (χ0v) is 15.5. The lowest BCUT2D eigenvalue weighted by molar-refractivity contribution is -0.141. The van der Waals surface area contributed by atoms with Crippen LogP contribution in [0.5, 0.6) is 0 Å². The van der Waals surface area contributed by atoms with Crippen molar-refractivity contribution >= 4 is 23.5 Å². The molecule has 154 valence electrons. The first-order valence-electron chi connectivity index (χ1n) is 8.77. The van der Waals surface area contributed by atoms with Crippen LogP contribution < -0.4 is 21.1 Å². The SMILES string of the molecule is CC(C)NC(=O)C(=O)NNC(=O)C1CCN(c2ccc(C(F)(F)F)cn2)CC1. The monoisotopic (exact) mass is 401 g/mol. The van der Waals surface area contributed by atoms with E-state index in [0.29, 0.717) is 31.7 Å². The number of hydrogen-bond donors (Lipinski definition) is 3. The second-order valence-electron chi connectivity index (χ2n) is 6.74. The molecule has 1 aliphatic heterocycles. The Labute approximate surface area is 159 Å². The molecule has 11 heteroatoms. The third-order valence-corrected chi connectivity index (χ3v) is 4.19. The third-order valence-electron chi connectivity index (χ3n) is 4.19. The molecular weight excluding hydrogens is 379 g/mol. The molecule has 1 fully saturated rings. The third kappa shape index (κ3) is 5.83. The number of amides is 3. The molecule has 0 spiro atoms. The van der Waals surface area contributed by atoms with E-state index >= 15 is 0 Å². The van der Waals surface area contributed by atoms with Gasteiger partial charge in [0.05, 0.1) is 5.56 Å². The highest BCUT2D eigenvalue weighted by Gasteiger charge is 2.31. The number of rotatable bonds is 3. The summed E-state index contributed by atoms with van der Waals surface area (Å²) in [5, 5.41) is 2.40. The fraction of sp³-hybridized carbons (Fsp3) is 0.529. The molecule has 1 aliphatic rings. The Kier molecular flexibility index (Phi) is 6.81. The average Bonchev–Trinajstić information content (AvgIpc) is 2.64. The maximum Gasteiger partial charge on any atom is 0.417 e. The number of alkyl halides is 3. The number of nitrogens with zero attached hydrogens (tertiary/aromatic N) is 2. The van der Waals surface area contributed by atoms with Gasteiger partial charge in [-0.3, -0.25) is 25.2 Å². The molecular formula is C17H22F3N5O3. The van der Waals surface area contributed by atoms with Gasteiger partial charge in [0.25, 0.3) is 0 Å². The maximum atomic E-state index is 12.6. The second-order valence-corrected chi connectivity index (χ2v) is 6.74. The predicted octanol–water partition coefficient (Wildman–Crippen LogP) is 0.989. The molecule has 0 saturated carbocycles. The molecule has 1 aromatic heterocycles. The summed E-state index contributed by atoms with van der Waals surface area (Å²) < 4.78 is 37.8. The molecule has 0 aliphatic carbocycles. The summed E-state index contributed by atoms with van der Waals surface area (Å²) in [5.74, 6) is -2.22. The first-order chi connectivity index (χ1) is 13.1. The summed E-state index contributed by atoms with van der Waals surface area (Å²) in [5.41, 5.74) is 3.47. The quantitative estimate of drug-likeness (QED) is 0.518. The van der Waals surface area contributed by atoms with Gasteiger partial charge in [-0.15, -0.1) is 0 Å². The summed E-state index contributed by atoms with van der Waals surface area (Å²) >= 11 is 0. The Bertz CT molecular complexity index is 714. The summed E-state index contributed by atoms with van der Waals surface area (Å²) in [6.45, 7) is 4.25. The van der Waals surface area contributed by atoms with Gasteiger partial charge in [-0.25, -0.2) is 4.98 Å². The van der Waals surface area contributed by atoms with Gasteiger partial charge in [0.2, 0.25) is 5.91 Å². The summed E-state index contributed by atoms with van der Waals surface area (Å²) in [6.07, 6.45) is -2.79. The van der Waals surface area contributed by atoms with Crippen LogP contribution in [0.3, 0.4) is 0 Å². The number of hydrogen-bond acceptors (Lipinski definition) is 5. The molecule has 0 radical (unpaired) electrons. The highest BCUT2D eigenvalue weighted by molar-refractivity contribution is 6.35. The van der Waals surface area contributed by atoms with E-state index in [2.05, 4.69) is 21.2 Å². The number of nitrogens with one attached hydrogen (secondary N) is 3. The molecule has 3 amide bonds. The summed E-state index contributed by atoms with van der Waals surface area (Å²) in [7, 11) is 0. The first kappa shape index (κ1) is 21.5.